The minimum Gasteiger partial charge on any atom is -0.388 e. The van der Waals surface area contributed by atoms with Crippen LogP contribution in [0.5, 0.6) is 0 Å². The lowest BCUT2D eigenvalue weighted by Gasteiger charge is -2.19. The summed E-state index contributed by atoms with van der Waals surface area (Å²) in [7, 11) is 0. The Bertz CT molecular complexity index is 566. The maximum absolute atomic E-state index is 12.3. The third-order valence-electron chi connectivity index (χ3n) is 3.72. The molecule has 100 valence electrons. The van der Waals surface area contributed by atoms with E-state index in [4.69, 9.17) is 0 Å². The number of fused-ring (bicyclic) bond motifs is 1. The molecule has 0 aliphatic carbocycles. The first-order valence-electron chi connectivity index (χ1n) is 6.39. The van der Waals surface area contributed by atoms with E-state index in [-0.39, 0.29) is 11.8 Å². The van der Waals surface area contributed by atoms with Crippen LogP contribution in [0.3, 0.4) is 0 Å². The van der Waals surface area contributed by atoms with Crippen molar-refractivity contribution in [2.45, 2.75) is 25.4 Å². The van der Waals surface area contributed by atoms with Crippen molar-refractivity contribution >= 4 is 17.5 Å². The molecule has 2 N–H and O–H groups in total. The normalized spacial score (nSPS) is 25.4. The molecule has 1 unspecified atom stereocenters. The van der Waals surface area contributed by atoms with Gasteiger partial charge < -0.3 is 15.3 Å². The van der Waals surface area contributed by atoms with Crippen LogP contribution in [0, 0.1) is 0 Å². The standard InChI is InChI=1S/C14H16N2O3/c1-14(19)4-5-16(8-14)13(18)9-2-3-11-10(6-9)7-12(17)15-11/h2-3,6,19H,4-5,7-8H2,1H3,(H,15,17). The molecule has 1 fully saturated rings. The second-order valence-corrected chi connectivity index (χ2v) is 5.57. The maximum atomic E-state index is 12.3. The first-order chi connectivity index (χ1) is 8.94. The van der Waals surface area contributed by atoms with E-state index >= 15 is 0 Å². The monoisotopic (exact) mass is 260 g/mol. The Labute approximate surface area is 111 Å². The molecular formula is C14H16N2O3. The molecule has 2 aliphatic rings. The number of anilines is 1. The van der Waals surface area contributed by atoms with Crippen molar-refractivity contribution < 1.29 is 14.7 Å². The van der Waals surface area contributed by atoms with Crippen molar-refractivity contribution in [1.82, 2.24) is 4.90 Å². The van der Waals surface area contributed by atoms with Gasteiger partial charge in [-0.15, -0.1) is 0 Å². The number of carbonyl (C=O) groups is 2. The Kier molecular flexibility index (Phi) is 2.60. The number of hydrogen-bond donors (Lipinski definition) is 2. The summed E-state index contributed by atoms with van der Waals surface area (Å²) in [6.45, 7) is 2.67. The van der Waals surface area contributed by atoms with Gasteiger partial charge in [-0.2, -0.15) is 0 Å². The van der Waals surface area contributed by atoms with Gasteiger partial charge in [-0.3, -0.25) is 9.59 Å². The number of rotatable bonds is 1. The molecule has 5 heteroatoms. The fourth-order valence-corrected chi connectivity index (χ4v) is 2.66. The molecule has 3 rings (SSSR count). The predicted molar refractivity (Wildman–Crippen MR) is 69.9 cm³/mol. The molecule has 1 saturated heterocycles. The van der Waals surface area contributed by atoms with Crippen LogP contribution >= 0.6 is 0 Å². The molecule has 2 aliphatic heterocycles. The summed E-state index contributed by atoms with van der Waals surface area (Å²) in [6.07, 6.45) is 0.928. The highest BCUT2D eigenvalue weighted by Crippen LogP contribution is 2.26. The summed E-state index contributed by atoms with van der Waals surface area (Å²) < 4.78 is 0. The molecule has 0 bridgehead atoms. The lowest BCUT2D eigenvalue weighted by Crippen LogP contribution is -2.33. The lowest BCUT2D eigenvalue weighted by molar-refractivity contribution is -0.115. The van der Waals surface area contributed by atoms with Crippen molar-refractivity contribution in [1.29, 1.82) is 0 Å². The first-order valence-corrected chi connectivity index (χ1v) is 6.39. The van der Waals surface area contributed by atoms with Crippen LogP contribution in [0.2, 0.25) is 0 Å². The van der Waals surface area contributed by atoms with Crippen molar-refractivity contribution in [3.05, 3.63) is 29.3 Å². The number of β-amino-alcohol motifs (C(OH)–C–C–N with tert-alkyl or cyclic N) is 1. The van der Waals surface area contributed by atoms with E-state index in [0.29, 0.717) is 31.5 Å². The average molecular weight is 260 g/mol. The molecule has 1 aromatic rings. The van der Waals surface area contributed by atoms with Crippen LogP contribution in [0.4, 0.5) is 5.69 Å². The van der Waals surface area contributed by atoms with Gasteiger partial charge in [0, 0.05) is 24.3 Å². The van der Waals surface area contributed by atoms with Crippen LogP contribution in [-0.4, -0.2) is 40.5 Å². The van der Waals surface area contributed by atoms with Crippen LogP contribution in [0.1, 0.15) is 29.3 Å². The summed E-state index contributed by atoms with van der Waals surface area (Å²) in [4.78, 5) is 25.3. The van der Waals surface area contributed by atoms with Crippen LogP contribution in [0.25, 0.3) is 0 Å². The van der Waals surface area contributed by atoms with Crippen molar-refractivity contribution in [3.8, 4) is 0 Å². The molecule has 2 heterocycles. The molecule has 5 nitrogen and oxygen atoms in total. The minimum absolute atomic E-state index is 0.0382. The zero-order valence-corrected chi connectivity index (χ0v) is 10.8. The quantitative estimate of drug-likeness (QED) is 0.784. The molecule has 0 saturated carbocycles. The van der Waals surface area contributed by atoms with Gasteiger partial charge in [-0.05, 0) is 37.1 Å². The summed E-state index contributed by atoms with van der Waals surface area (Å²) in [5.74, 6) is -0.122. The maximum Gasteiger partial charge on any atom is 0.253 e. The van der Waals surface area contributed by atoms with Gasteiger partial charge in [0.05, 0.1) is 12.0 Å². The molecule has 1 aromatic carbocycles. The Balaban J connectivity index is 1.82. The predicted octanol–water partition coefficient (Wildman–Crippen LogP) is 0.778. The fourth-order valence-electron chi connectivity index (χ4n) is 2.66. The minimum atomic E-state index is -0.788. The van der Waals surface area contributed by atoms with Crippen LogP contribution in [0.15, 0.2) is 18.2 Å². The highest BCUT2D eigenvalue weighted by atomic mass is 16.3. The number of hydrogen-bond acceptors (Lipinski definition) is 3. The summed E-state index contributed by atoms with van der Waals surface area (Å²) in [5.41, 5.74) is 1.44. The van der Waals surface area contributed by atoms with E-state index in [1.807, 2.05) is 0 Å². The third-order valence-corrected chi connectivity index (χ3v) is 3.72. The van der Waals surface area contributed by atoms with Gasteiger partial charge in [-0.25, -0.2) is 0 Å². The average Bonchev–Trinajstić information content (AvgIpc) is 2.88. The van der Waals surface area contributed by atoms with Gasteiger partial charge in [0.25, 0.3) is 5.91 Å². The van der Waals surface area contributed by atoms with Crippen LogP contribution < -0.4 is 5.32 Å². The number of amides is 2. The van der Waals surface area contributed by atoms with Crippen molar-refractivity contribution in [2.75, 3.05) is 18.4 Å². The molecule has 1 atom stereocenters. The topological polar surface area (TPSA) is 69.6 Å². The smallest absolute Gasteiger partial charge is 0.253 e. The summed E-state index contributed by atoms with van der Waals surface area (Å²) in [5, 5.41) is 12.6. The molecule has 0 radical (unpaired) electrons. The van der Waals surface area contributed by atoms with Gasteiger partial charge in [0.1, 0.15) is 0 Å². The number of nitrogens with zero attached hydrogens (tertiary/aromatic N) is 1. The van der Waals surface area contributed by atoms with E-state index in [1.165, 1.54) is 0 Å². The first kappa shape index (κ1) is 12.2. The Morgan fingerprint density at radius 3 is 2.95 bits per heavy atom. The second kappa shape index (κ2) is 4.06. The number of carbonyl (C=O) groups excluding carboxylic acids is 2. The highest BCUT2D eigenvalue weighted by molar-refractivity contribution is 6.01. The number of likely N-dealkylation sites (tertiary alicyclic amines) is 1. The molecule has 0 spiro atoms. The van der Waals surface area contributed by atoms with Crippen molar-refractivity contribution in [2.24, 2.45) is 0 Å². The van der Waals surface area contributed by atoms with Crippen molar-refractivity contribution in [3.63, 3.8) is 0 Å². The van der Waals surface area contributed by atoms with E-state index < -0.39 is 5.60 Å². The second-order valence-electron chi connectivity index (χ2n) is 5.57. The molecule has 19 heavy (non-hydrogen) atoms. The third kappa shape index (κ3) is 2.21. The fraction of sp³-hybridized carbons (Fsp3) is 0.429. The summed E-state index contributed by atoms with van der Waals surface area (Å²) in [6, 6.07) is 5.25. The van der Waals surface area contributed by atoms with Gasteiger partial charge >= 0.3 is 0 Å². The van der Waals surface area contributed by atoms with Gasteiger partial charge in [0.15, 0.2) is 0 Å². The zero-order valence-electron chi connectivity index (χ0n) is 10.8. The van der Waals surface area contributed by atoms with E-state index in [2.05, 4.69) is 5.32 Å². The van der Waals surface area contributed by atoms with E-state index in [1.54, 1.807) is 30.0 Å². The number of nitrogens with one attached hydrogen (secondary N) is 1. The largest absolute Gasteiger partial charge is 0.388 e. The zero-order chi connectivity index (χ0) is 13.6. The van der Waals surface area contributed by atoms with E-state index in [0.717, 1.165) is 11.3 Å². The molecule has 0 aromatic heterocycles. The Morgan fingerprint density at radius 2 is 2.26 bits per heavy atom. The van der Waals surface area contributed by atoms with Gasteiger partial charge in [-0.1, -0.05) is 0 Å². The molecule has 2 amide bonds. The molecular weight excluding hydrogens is 244 g/mol. The Hall–Kier alpha value is -1.88. The van der Waals surface area contributed by atoms with Gasteiger partial charge in [0.2, 0.25) is 5.91 Å². The number of aliphatic hydroxyl groups is 1. The number of benzene rings is 1. The Morgan fingerprint density at radius 1 is 1.47 bits per heavy atom. The highest BCUT2D eigenvalue weighted by Gasteiger charge is 2.34. The SMILES string of the molecule is CC1(O)CCN(C(=O)c2ccc3c(c2)CC(=O)N3)C1. The van der Waals surface area contributed by atoms with E-state index in [9.17, 15) is 14.7 Å². The van der Waals surface area contributed by atoms with Crippen LogP contribution in [-0.2, 0) is 11.2 Å². The lowest BCUT2D eigenvalue weighted by atomic mass is 10.1. The summed E-state index contributed by atoms with van der Waals surface area (Å²) >= 11 is 0.